The number of thioether (sulfide) groups is 1. The Morgan fingerprint density at radius 2 is 2.06 bits per heavy atom. The van der Waals surface area contributed by atoms with Crippen LogP contribution < -0.4 is 10.6 Å². The summed E-state index contributed by atoms with van der Waals surface area (Å²) in [4.78, 5) is 22.9. The van der Waals surface area contributed by atoms with Crippen LogP contribution in [0.2, 0.25) is 0 Å². The van der Waals surface area contributed by atoms with Crippen molar-refractivity contribution in [3.05, 3.63) is 34.7 Å². The number of rotatable bonds is 2. The third kappa shape index (κ3) is 3.18. The molecule has 1 aromatic carbocycles. The maximum atomic E-state index is 11.5. The van der Waals surface area contributed by atoms with Crippen LogP contribution in [-0.4, -0.2) is 16.1 Å². The van der Waals surface area contributed by atoms with E-state index in [0.29, 0.717) is 9.23 Å². The second kappa shape index (κ2) is 5.32. The number of hydrogen-bond donors (Lipinski definition) is 2. The fraction of sp³-hybridized carbons (Fsp3) is 0.0833. The van der Waals surface area contributed by atoms with Crippen molar-refractivity contribution in [2.75, 3.05) is 5.32 Å². The lowest BCUT2D eigenvalue weighted by Crippen LogP contribution is -2.17. The summed E-state index contributed by atoms with van der Waals surface area (Å²) in [7, 11) is 0. The number of hydrogen-bond acceptors (Lipinski definition) is 4. The van der Waals surface area contributed by atoms with E-state index in [-0.39, 0.29) is 11.8 Å². The first-order valence-electron chi connectivity index (χ1n) is 5.17. The van der Waals surface area contributed by atoms with Crippen LogP contribution in [-0.2, 0) is 9.59 Å². The van der Waals surface area contributed by atoms with E-state index in [2.05, 4.69) is 10.6 Å². The number of carbonyl (C=O) groups is 2. The molecule has 92 valence electrons. The summed E-state index contributed by atoms with van der Waals surface area (Å²) < 4.78 is 0.473. The maximum absolute atomic E-state index is 11.5. The average molecular weight is 278 g/mol. The highest BCUT2D eigenvalue weighted by molar-refractivity contribution is 8.26. The molecule has 18 heavy (non-hydrogen) atoms. The van der Waals surface area contributed by atoms with Crippen LogP contribution in [0.4, 0.5) is 5.69 Å². The SMILES string of the molecule is CC(=O)Nc1ccc(C=C2SC(=S)NC2=O)cc1. The number of thiocarbonyl (C=S) groups is 1. The molecule has 0 unspecified atom stereocenters. The molecule has 0 radical (unpaired) electrons. The minimum absolute atomic E-state index is 0.114. The average Bonchev–Trinajstić information content (AvgIpc) is 2.59. The molecule has 0 saturated carbocycles. The van der Waals surface area contributed by atoms with Crippen LogP contribution in [0.3, 0.4) is 0 Å². The predicted molar refractivity (Wildman–Crippen MR) is 77.1 cm³/mol. The third-order valence-electron chi connectivity index (χ3n) is 2.17. The van der Waals surface area contributed by atoms with E-state index in [0.717, 1.165) is 11.3 Å². The Labute approximate surface area is 114 Å². The van der Waals surface area contributed by atoms with Crippen LogP contribution in [0, 0.1) is 0 Å². The van der Waals surface area contributed by atoms with E-state index in [1.807, 2.05) is 12.1 Å². The standard InChI is InChI=1S/C12H10N2O2S2/c1-7(15)13-9-4-2-8(3-5-9)6-10-11(16)14-12(17)18-10/h2-6H,1H3,(H,13,15)(H,14,16,17). The van der Waals surface area contributed by atoms with E-state index < -0.39 is 0 Å². The quantitative estimate of drug-likeness (QED) is 0.643. The molecule has 2 N–H and O–H groups in total. The van der Waals surface area contributed by atoms with Crippen LogP contribution in [0.5, 0.6) is 0 Å². The van der Waals surface area contributed by atoms with Gasteiger partial charge in [-0.2, -0.15) is 0 Å². The molecule has 0 spiro atoms. The van der Waals surface area contributed by atoms with Gasteiger partial charge in [0.15, 0.2) is 0 Å². The lowest BCUT2D eigenvalue weighted by Gasteiger charge is -2.02. The summed E-state index contributed by atoms with van der Waals surface area (Å²) in [6, 6.07) is 7.22. The zero-order valence-electron chi connectivity index (χ0n) is 9.52. The summed E-state index contributed by atoms with van der Waals surface area (Å²) in [5.74, 6) is -0.284. The second-order valence-corrected chi connectivity index (χ2v) is 5.37. The summed E-state index contributed by atoms with van der Waals surface area (Å²) in [5, 5.41) is 5.23. The minimum Gasteiger partial charge on any atom is -0.326 e. The Morgan fingerprint density at radius 1 is 1.39 bits per heavy atom. The summed E-state index contributed by atoms with van der Waals surface area (Å²) in [5.41, 5.74) is 1.61. The van der Waals surface area contributed by atoms with E-state index >= 15 is 0 Å². The highest BCUT2D eigenvalue weighted by atomic mass is 32.2. The molecule has 0 aromatic heterocycles. The molecule has 6 heteroatoms. The van der Waals surface area contributed by atoms with Gasteiger partial charge in [-0.1, -0.05) is 36.1 Å². The summed E-state index contributed by atoms with van der Waals surface area (Å²) in [6.45, 7) is 1.45. The third-order valence-corrected chi connectivity index (χ3v) is 3.33. The molecule has 0 bridgehead atoms. The molecular weight excluding hydrogens is 268 g/mol. The van der Waals surface area contributed by atoms with Crippen molar-refractivity contribution in [1.29, 1.82) is 0 Å². The van der Waals surface area contributed by atoms with Crippen molar-refractivity contribution in [3.8, 4) is 0 Å². The fourth-order valence-electron chi connectivity index (χ4n) is 1.44. The van der Waals surface area contributed by atoms with Gasteiger partial charge in [-0.25, -0.2) is 0 Å². The molecular formula is C12H10N2O2S2. The highest BCUT2D eigenvalue weighted by Crippen LogP contribution is 2.26. The van der Waals surface area contributed by atoms with Gasteiger partial charge in [0, 0.05) is 12.6 Å². The second-order valence-electron chi connectivity index (χ2n) is 3.66. The molecule has 1 aliphatic heterocycles. The molecule has 2 amide bonds. The van der Waals surface area contributed by atoms with Gasteiger partial charge in [0.2, 0.25) is 5.91 Å². The molecule has 4 nitrogen and oxygen atoms in total. The number of anilines is 1. The van der Waals surface area contributed by atoms with Crippen molar-refractivity contribution >= 4 is 51.9 Å². The lowest BCUT2D eigenvalue weighted by molar-refractivity contribution is -0.115. The van der Waals surface area contributed by atoms with Gasteiger partial charge in [-0.3, -0.25) is 9.59 Å². The molecule has 0 atom stereocenters. The Kier molecular flexibility index (Phi) is 3.78. The Morgan fingerprint density at radius 3 is 2.56 bits per heavy atom. The molecule has 1 heterocycles. The topological polar surface area (TPSA) is 58.2 Å². The largest absolute Gasteiger partial charge is 0.326 e. The van der Waals surface area contributed by atoms with Crippen molar-refractivity contribution in [2.45, 2.75) is 6.92 Å². The Hall–Kier alpha value is -1.66. The first-order valence-corrected chi connectivity index (χ1v) is 6.39. The van der Waals surface area contributed by atoms with Crippen molar-refractivity contribution in [1.82, 2.24) is 5.32 Å². The molecule has 1 saturated heterocycles. The summed E-state index contributed by atoms with van der Waals surface area (Å²) in [6.07, 6.45) is 1.76. The van der Waals surface area contributed by atoms with Gasteiger partial charge < -0.3 is 10.6 Å². The number of amides is 2. The van der Waals surface area contributed by atoms with Crippen LogP contribution >= 0.6 is 24.0 Å². The smallest absolute Gasteiger partial charge is 0.263 e. The first-order chi connectivity index (χ1) is 8.54. The number of nitrogens with one attached hydrogen (secondary N) is 2. The zero-order valence-corrected chi connectivity index (χ0v) is 11.2. The van der Waals surface area contributed by atoms with Gasteiger partial charge in [-0.15, -0.1) is 0 Å². The van der Waals surface area contributed by atoms with Gasteiger partial charge in [0.05, 0.1) is 4.91 Å². The van der Waals surface area contributed by atoms with Crippen molar-refractivity contribution in [3.63, 3.8) is 0 Å². The normalized spacial score (nSPS) is 16.8. The monoisotopic (exact) mass is 278 g/mol. The van der Waals surface area contributed by atoms with Gasteiger partial charge >= 0.3 is 0 Å². The summed E-state index contributed by atoms with van der Waals surface area (Å²) >= 11 is 6.15. The van der Waals surface area contributed by atoms with E-state index in [1.54, 1.807) is 18.2 Å². The molecule has 1 aromatic rings. The Balaban J connectivity index is 2.15. The van der Waals surface area contributed by atoms with Crippen LogP contribution in [0.25, 0.3) is 6.08 Å². The van der Waals surface area contributed by atoms with Crippen molar-refractivity contribution < 1.29 is 9.59 Å². The van der Waals surface area contributed by atoms with Crippen molar-refractivity contribution in [2.24, 2.45) is 0 Å². The molecule has 1 aliphatic rings. The zero-order chi connectivity index (χ0) is 13.1. The Bertz CT molecular complexity index is 550. The maximum Gasteiger partial charge on any atom is 0.263 e. The molecule has 0 aliphatic carbocycles. The van der Waals surface area contributed by atoms with E-state index in [9.17, 15) is 9.59 Å². The lowest BCUT2D eigenvalue weighted by atomic mass is 10.2. The van der Waals surface area contributed by atoms with E-state index in [1.165, 1.54) is 18.7 Å². The highest BCUT2D eigenvalue weighted by Gasteiger charge is 2.21. The number of benzene rings is 1. The molecule has 2 rings (SSSR count). The fourth-order valence-corrected chi connectivity index (χ4v) is 2.48. The van der Waals surface area contributed by atoms with Crippen LogP contribution in [0.1, 0.15) is 12.5 Å². The van der Waals surface area contributed by atoms with Crippen LogP contribution in [0.15, 0.2) is 29.2 Å². The first kappa shape index (κ1) is 12.8. The van der Waals surface area contributed by atoms with E-state index in [4.69, 9.17) is 12.2 Å². The predicted octanol–water partition coefficient (Wildman–Crippen LogP) is 2.13. The number of carbonyl (C=O) groups excluding carboxylic acids is 2. The minimum atomic E-state index is -0.170. The van der Waals surface area contributed by atoms with Gasteiger partial charge in [-0.05, 0) is 23.8 Å². The van der Waals surface area contributed by atoms with Gasteiger partial charge in [0.1, 0.15) is 4.32 Å². The van der Waals surface area contributed by atoms with Gasteiger partial charge in [0.25, 0.3) is 5.91 Å². The molecule has 1 fully saturated rings.